The van der Waals surface area contributed by atoms with Crippen LogP contribution in [0.2, 0.25) is 0 Å². The van der Waals surface area contributed by atoms with E-state index in [1.807, 2.05) is 5.32 Å². The molecule has 2 amide bonds. The maximum atomic E-state index is 11.3. The average Bonchev–Trinajstić information content (AvgIpc) is 2.29. The standard InChI is InChI=1S/C10H12N2O6/c11-9(17)10(18)12-6(14)3-4-1-2-5(13)8(16)7(4)15/h1-2,10,13,15-16,18H,3H2,(H2,11,17)(H,12,14). The molecule has 0 saturated carbocycles. The lowest BCUT2D eigenvalue weighted by atomic mass is 10.1. The number of carbonyl (C=O) groups excluding carboxylic acids is 2. The molecule has 0 aliphatic heterocycles. The molecule has 0 fully saturated rings. The number of phenols is 3. The third kappa shape index (κ3) is 3.01. The molecule has 0 aliphatic rings. The number of nitrogens with one attached hydrogen (secondary N) is 1. The molecule has 8 nitrogen and oxygen atoms in total. The summed E-state index contributed by atoms with van der Waals surface area (Å²) in [6, 6.07) is 2.29. The molecular formula is C10H12N2O6. The second-order valence-electron chi connectivity index (χ2n) is 3.49. The molecule has 0 bridgehead atoms. The predicted molar refractivity (Wildman–Crippen MR) is 58.5 cm³/mol. The number of aliphatic hydroxyl groups excluding tert-OH is 1. The number of primary amides is 1. The van der Waals surface area contributed by atoms with E-state index in [0.717, 1.165) is 6.07 Å². The van der Waals surface area contributed by atoms with Gasteiger partial charge in [0.25, 0.3) is 5.91 Å². The van der Waals surface area contributed by atoms with E-state index in [0.29, 0.717) is 0 Å². The van der Waals surface area contributed by atoms with Crippen LogP contribution >= 0.6 is 0 Å². The molecule has 1 aromatic carbocycles. The van der Waals surface area contributed by atoms with Gasteiger partial charge in [-0.3, -0.25) is 9.59 Å². The van der Waals surface area contributed by atoms with Crippen molar-refractivity contribution in [3.63, 3.8) is 0 Å². The van der Waals surface area contributed by atoms with Crippen molar-refractivity contribution in [2.75, 3.05) is 0 Å². The molecule has 1 atom stereocenters. The maximum absolute atomic E-state index is 11.3. The zero-order valence-electron chi connectivity index (χ0n) is 9.12. The quantitative estimate of drug-likeness (QED) is 0.278. The van der Waals surface area contributed by atoms with Crippen molar-refractivity contribution in [1.29, 1.82) is 0 Å². The molecule has 1 rings (SSSR count). The van der Waals surface area contributed by atoms with E-state index >= 15 is 0 Å². The average molecular weight is 256 g/mol. The van der Waals surface area contributed by atoms with Crippen molar-refractivity contribution < 1.29 is 30.0 Å². The normalized spacial score (nSPS) is 11.8. The highest BCUT2D eigenvalue weighted by molar-refractivity contribution is 5.86. The van der Waals surface area contributed by atoms with E-state index in [4.69, 9.17) is 15.9 Å². The van der Waals surface area contributed by atoms with Crippen LogP contribution in [-0.2, 0) is 16.0 Å². The smallest absolute Gasteiger partial charge is 0.267 e. The summed E-state index contributed by atoms with van der Waals surface area (Å²) in [5.74, 6) is -3.86. The van der Waals surface area contributed by atoms with Gasteiger partial charge in [0.15, 0.2) is 11.5 Å². The lowest BCUT2D eigenvalue weighted by Crippen LogP contribution is -2.44. The Morgan fingerprint density at radius 1 is 1.22 bits per heavy atom. The van der Waals surface area contributed by atoms with Gasteiger partial charge in [0.05, 0.1) is 6.42 Å². The fourth-order valence-corrected chi connectivity index (χ4v) is 1.20. The van der Waals surface area contributed by atoms with Crippen LogP contribution in [0.5, 0.6) is 17.2 Å². The third-order valence-electron chi connectivity index (χ3n) is 2.13. The number of aromatic hydroxyl groups is 3. The first-order valence-electron chi connectivity index (χ1n) is 4.82. The Labute approximate surface area is 101 Å². The number of hydrogen-bond acceptors (Lipinski definition) is 6. The molecule has 0 heterocycles. The van der Waals surface area contributed by atoms with Crippen LogP contribution in [0.15, 0.2) is 12.1 Å². The van der Waals surface area contributed by atoms with Crippen molar-refractivity contribution in [2.24, 2.45) is 5.73 Å². The lowest BCUT2D eigenvalue weighted by Gasteiger charge is -2.10. The summed E-state index contributed by atoms with van der Waals surface area (Å²) < 4.78 is 0. The molecule has 1 unspecified atom stereocenters. The van der Waals surface area contributed by atoms with E-state index in [-0.39, 0.29) is 5.56 Å². The second kappa shape index (κ2) is 5.23. The van der Waals surface area contributed by atoms with Crippen LogP contribution in [0.25, 0.3) is 0 Å². The summed E-state index contributed by atoms with van der Waals surface area (Å²) in [5, 5.41) is 38.6. The van der Waals surface area contributed by atoms with Gasteiger partial charge in [0, 0.05) is 5.56 Å². The summed E-state index contributed by atoms with van der Waals surface area (Å²) in [4.78, 5) is 21.8. The zero-order chi connectivity index (χ0) is 13.9. The Morgan fingerprint density at radius 2 is 1.83 bits per heavy atom. The number of aliphatic hydroxyl groups is 1. The molecule has 1 aromatic rings. The number of hydrogen-bond donors (Lipinski definition) is 6. The summed E-state index contributed by atoms with van der Waals surface area (Å²) in [6.45, 7) is 0. The van der Waals surface area contributed by atoms with Crippen LogP contribution in [0.1, 0.15) is 5.56 Å². The van der Waals surface area contributed by atoms with Gasteiger partial charge in [-0.15, -0.1) is 0 Å². The molecule has 0 aromatic heterocycles. The van der Waals surface area contributed by atoms with Crippen LogP contribution in [0.4, 0.5) is 0 Å². The number of amides is 2. The molecule has 8 heteroatoms. The highest BCUT2D eigenvalue weighted by atomic mass is 16.3. The molecule has 7 N–H and O–H groups in total. The summed E-state index contributed by atoms with van der Waals surface area (Å²) in [6.07, 6.45) is -2.24. The van der Waals surface area contributed by atoms with Crippen molar-refractivity contribution in [3.05, 3.63) is 17.7 Å². The van der Waals surface area contributed by atoms with Crippen LogP contribution in [-0.4, -0.2) is 38.5 Å². The van der Waals surface area contributed by atoms with Crippen LogP contribution in [0.3, 0.4) is 0 Å². The number of carbonyl (C=O) groups is 2. The Kier molecular flexibility index (Phi) is 3.95. The summed E-state index contributed by atoms with van der Waals surface area (Å²) in [5.41, 5.74) is 4.74. The van der Waals surface area contributed by atoms with Gasteiger partial charge in [-0.2, -0.15) is 0 Å². The predicted octanol–water partition coefficient (Wildman–Crippen LogP) is -1.73. The maximum Gasteiger partial charge on any atom is 0.267 e. The van der Waals surface area contributed by atoms with E-state index in [2.05, 4.69) is 0 Å². The molecule has 0 saturated heterocycles. The second-order valence-corrected chi connectivity index (χ2v) is 3.49. The molecule has 98 valence electrons. The van der Waals surface area contributed by atoms with Crippen LogP contribution < -0.4 is 11.1 Å². The Morgan fingerprint density at radius 3 is 2.39 bits per heavy atom. The Balaban J connectivity index is 2.77. The van der Waals surface area contributed by atoms with Crippen LogP contribution in [0, 0.1) is 0 Å². The molecule has 0 spiro atoms. The SMILES string of the molecule is NC(=O)C(O)NC(=O)Cc1ccc(O)c(O)c1O. The van der Waals surface area contributed by atoms with E-state index in [9.17, 15) is 19.8 Å². The molecule has 18 heavy (non-hydrogen) atoms. The van der Waals surface area contributed by atoms with Gasteiger partial charge in [-0.25, -0.2) is 0 Å². The number of benzene rings is 1. The van der Waals surface area contributed by atoms with Gasteiger partial charge < -0.3 is 31.5 Å². The van der Waals surface area contributed by atoms with Crippen molar-refractivity contribution in [2.45, 2.75) is 12.6 Å². The minimum atomic E-state index is -1.83. The molecule has 0 aliphatic carbocycles. The highest BCUT2D eigenvalue weighted by Crippen LogP contribution is 2.37. The number of phenolic OH excluding ortho intramolecular Hbond substituents is 3. The first kappa shape index (κ1) is 13.6. The molecule has 0 radical (unpaired) electrons. The molecular weight excluding hydrogens is 244 g/mol. The third-order valence-corrected chi connectivity index (χ3v) is 2.13. The minimum Gasteiger partial charge on any atom is -0.504 e. The Hall–Kier alpha value is -2.48. The minimum absolute atomic E-state index is 0.0134. The van der Waals surface area contributed by atoms with E-state index in [1.54, 1.807) is 0 Å². The monoisotopic (exact) mass is 256 g/mol. The first-order valence-corrected chi connectivity index (χ1v) is 4.82. The van der Waals surface area contributed by atoms with Gasteiger partial charge in [-0.1, -0.05) is 6.07 Å². The lowest BCUT2D eigenvalue weighted by molar-refractivity contribution is -0.134. The fraction of sp³-hybridized carbons (Fsp3) is 0.200. The number of nitrogens with two attached hydrogens (primary N) is 1. The van der Waals surface area contributed by atoms with Crippen molar-refractivity contribution in [1.82, 2.24) is 5.32 Å². The van der Waals surface area contributed by atoms with Gasteiger partial charge in [-0.05, 0) is 6.07 Å². The summed E-state index contributed by atoms with van der Waals surface area (Å²) >= 11 is 0. The van der Waals surface area contributed by atoms with Gasteiger partial charge in [0.1, 0.15) is 0 Å². The topological polar surface area (TPSA) is 153 Å². The zero-order valence-corrected chi connectivity index (χ0v) is 9.12. The number of rotatable bonds is 4. The highest BCUT2D eigenvalue weighted by Gasteiger charge is 2.17. The van der Waals surface area contributed by atoms with Gasteiger partial charge >= 0.3 is 0 Å². The van der Waals surface area contributed by atoms with Crippen molar-refractivity contribution >= 4 is 11.8 Å². The summed E-state index contributed by atoms with van der Waals surface area (Å²) in [7, 11) is 0. The largest absolute Gasteiger partial charge is 0.504 e. The first-order chi connectivity index (χ1) is 8.32. The fourth-order valence-electron chi connectivity index (χ4n) is 1.20. The van der Waals surface area contributed by atoms with E-state index in [1.165, 1.54) is 6.07 Å². The van der Waals surface area contributed by atoms with Crippen molar-refractivity contribution in [3.8, 4) is 17.2 Å². The van der Waals surface area contributed by atoms with E-state index < -0.39 is 41.7 Å². The van der Waals surface area contributed by atoms with Gasteiger partial charge in [0.2, 0.25) is 17.9 Å². The Bertz CT molecular complexity index is 488.